The number of amides is 1. The molecule has 0 aliphatic carbocycles. The lowest BCUT2D eigenvalue weighted by Gasteiger charge is -2.35. The first kappa shape index (κ1) is 15.3. The fraction of sp³-hybridized carbons (Fsp3) is 0.583. The van der Waals surface area contributed by atoms with Crippen LogP contribution in [0.5, 0.6) is 0 Å². The second kappa shape index (κ2) is 6.60. The van der Waals surface area contributed by atoms with Gasteiger partial charge >= 0.3 is 0 Å². The molecule has 6 nitrogen and oxygen atoms in total. The van der Waals surface area contributed by atoms with Crippen molar-refractivity contribution in [3.63, 3.8) is 0 Å². The summed E-state index contributed by atoms with van der Waals surface area (Å²) in [6, 6.07) is 1.43. The Bertz CT molecular complexity index is 494. The van der Waals surface area contributed by atoms with Crippen LogP contribution in [0.1, 0.15) is 23.2 Å². The summed E-state index contributed by atoms with van der Waals surface area (Å²) in [6.07, 6.45) is 3.98. The van der Waals surface area contributed by atoms with Crippen LogP contribution in [0.4, 0.5) is 5.82 Å². The van der Waals surface area contributed by atoms with Crippen LogP contribution in [0.15, 0.2) is 6.07 Å². The van der Waals surface area contributed by atoms with Crippen LogP contribution in [0.25, 0.3) is 0 Å². The fourth-order valence-corrected chi connectivity index (χ4v) is 3.07. The van der Waals surface area contributed by atoms with E-state index < -0.39 is 5.91 Å². The molecule has 1 aromatic heterocycles. The van der Waals surface area contributed by atoms with Crippen LogP contribution in [0.3, 0.4) is 0 Å². The molecule has 0 saturated carbocycles. The number of carbonyl (C=O) groups excluding carboxylic acids is 1. The van der Waals surface area contributed by atoms with E-state index in [1.807, 2.05) is 0 Å². The first-order chi connectivity index (χ1) is 9.56. The Kier molecular flexibility index (Phi) is 5.06. The third kappa shape index (κ3) is 3.53. The maximum Gasteiger partial charge on any atom is 0.252 e. The Morgan fingerprint density at radius 3 is 2.85 bits per heavy atom. The smallest absolute Gasteiger partial charge is 0.252 e. The molecule has 1 aromatic rings. The van der Waals surface area contributed by atoms with Crippen molar-refractivity contribution in [3.8, 4) is 0 Å². The van der Waals surface area contributed by atoms with Crippen molar-refractivity contribution < 1.29 is 9.53 Å². The Hall–Kier alpha value is -1.05. The third-order valence-corrected chi connectivity index (χ3v) is 5.05. The Morgan fingerprint density at radius 1 is 1.55 bits per heavy atom. The molecule has 0 atom stereocenters. The van der Waals surface area contributed by atoms with Crippen molar-refractivity contribution in [1.29, 1.82) is 0 Å². The Labute approximate surface area is 126 Å². The molecule has 1 fully saturated rings. The van der Waals surface area contributed by atoms with Gasteiger partial charge in [-0.1, -0.05) is 11.6 Å². The summed E-state index contributed by atoms with van der Waals surface area (Å²) in [4.78, 5) is 11.4. The van der Waals surface area contributed by atoms with Crippen LogP contribution >= 0.6 is 23.4 Å². The van der Waals surface area contributed by atoms with Crippen molar-refractivity contribution in [1.82, 2.24) is 10.2 Å². The summed E-state index contributed by atoms with van der Waals surface area (Å²) >= 11 is 7.53. The predicted molar refractivity (Wildman–Crippen MR) is 80.3 cm³/mol. The zero-order valence-corrected chi connectivity index (χ0v) is 12.8. The van der Waals surface area contributed by atoms with E-state index in [0.717, 1.165) is 26.1 Å². The number of nitrogens with zero attached hydrogens (tertiary/aromatic N) is 2. The van der Waals surface area contributed by atoms with Gasteiger partial charge in [0.1, 0.15) is 0 Å². The van der Waals surface area contributed by atoms with Gasteiger partial charge in [-0.05, 0) is 25.2 Å². The molecule has 0 aromatic carbocycles. The molecular weight excluding hydrogens is 300 g/mol. The highest BCUT2D eigenvalue weighted by Gasteiger charge is 2.32. The van der Waals surface area contributed by atoms with Gasteiger partial charge in [-0.3, -0.25) is 4.79 Å². The monoisotopic (exact) mass is 316 g/mol. The molecule has 0 spiro atoms. The Morgan fingerprint density at radius 2 is 2.25 bits per heavy atom. The van der Waals surface area contributed by atoms with E-state index in [1.54, 1.807) is 11.8 Å². The second-order valence-electron chi connectivity index (χ2n) is 4.65. The molecule has 1 amide bonds. The zero-order chi connectivity index (χ0) is 14.6. The van der Waals surface area contributed by atoms with Crippen LogP contribution in [0.2, 0.25) is 5.15 Å². The number of carbonyl (C=O) groups is 1. The fourth-order valence-electron chi connectivity index (χ4n) is 2.13. The summed E-state index contributed by atoms with van der Waals surface area (Å²) < 4.78 is 5.47. The quantitative estimate of drug-likeness (QED) is 0.856. The van der Waals surface area contributed by atoms with Crippen LogP contribution in [-0.4, -0.2) is 46.9 Å². The molecule has 3 N–H and O–H groups in total. The maximum atomic E-state index is 11.4. The predicted octanol–water partition coefficient (Wildman–Crippen LogP) is 1.55. The summed E-state index contributed by atoms with van der Waals surface area (Å²) in [5.41, 5.74) is 5.58. The number of aromatic nitrogens is 2. The highest BCUT2D eigenvalue weighted by atomic mass is 35.5. The van der Waals surface area contributed by atoms with Gasteiger partial charge in [-0.2, -0.15) is 11.8 Å². The van der Waals surface area contributed by atoms with Gasteiger partial charge in [0.2, 0.25) is 0 Å². The van der Waals surface area contributed by atoms with E-state index in [0.29, 0.717) is 12.4 Å². The average Bonchev–Trinajstić information content (AvgIpc) is 2.47. The standard InChI is InChI=1S/C12H17ClN4O2S/c1-20-12(2-4-19-5-3-12)7-15-11-8(10(14)18)6-9(13)16-17-11/h6H,2-5,7H2,1H3,(H2,14,18)(H,15,17). The summed E-state index contributed by atoms with van der Waals surface area (Å²) in [6.45, 7) is 2.17. The van der Waals surface area contributed by atoms with Crippen molar-refractivity contribution >= 4 is 35.1 Å². The topological polar surface area (TPSA) is 90.1 Å². The van der Waals surface area contributed by atoms with Crippen LogP contribution in [-0.2, 0) is 4.74 Å². The molecule has 1 aliphatic heterocycles. The molecule has 0 bridgehead atoms. The number of hydrogen-bond donors (Lipinski definition) is 2. The minimum Gasteiger partial charge on any atom is -0.381 e. The molecule has 8 heteroatoms. The number of anilines is 1. The van der Waals surface area contributed by atoms with Crippen LogP contribution in [0, 0.1) is 0 Å². The number of nitrogens with two attached hydrogens (primary N) is 1. The minimum atomic E-state index is -0.575. The molecule has 20 heavy (non-hydrogen) atoms. The van der Waals surface area contributed by atoms with Gasteiger partial charge < -0.3 is 15.8 Å². The van der Waals surface area contributed by atoms with E-state index in [9.17, 15) is 4.79 Å². The zero-order valence-electron chi connectivity index (χ0n) is 11.2. The summed E-state index contributed by atoms with van der Waals surface area (Å²) in [5.74, 6) is -0.198. The van der Waals surface area contributed by atoms with Crippen LogP contribution < -0.4 is 11.1 Å². The number of halogens is 1. The van der Waals surface area contributed by atoms with Gasteiger partial charge in [-0.15, -0.1) is 10.2 Å². The van der Waals surface area contributed by atoms with Gasteiger partial charge in [-0.25, -0.2) is 0 Å². The normalized spacial score (nSPS) is 17.7. The van der Waals surface area contributed by atoms with E-state index >= 15 is 0 Å². The van der Waals surface area contributed by atoms with E-state index in [-0.39, 0.29) is 15.5 Å². The van der Waals surface area contributed by atoms with Gasteiger partial charge in [0.05, 0.1) is 5.56 Å². The van der Waals surface area contributed by atoms with Gasteiger partial charge in [0.15, 0.2) is 11.0 Å². The SMILES string of the molecule is CSC1(CNc2nnc(Cl)cc2C(N)=O)CCOCC1. The molecule has 1 saturated heterocycles. The summed E-state index contributed by atoms with van der Waals surface area (Å²) in [5, 5.41) is 11.0. The lowest BCUT2D eigenvalue weighted by molar-refractivity contribution is 0.0802. The molecule has 1 aliphatic rings. The highest BCUT2D eigenvalue weighted by Crippen LogP contribution is 2.34. The average molecular weight is 317 g/mol. The number of primary amides is 1. The lowest BCUT2D eigenvalue weighted by Crippen LogP contribution is -2.39. The number of thioether (sulfide) groups is 1. The number of nitrogens with one attached hydrogen (secondary N) is 1. The highest BCUT2D eigenvalue weighted by molar-refractivity contribution is 8.00. The molecule has 110 valence electrons. The second-order valence-corrected chi connectivity index (χ2v) is 6.31. The third-order valence-electron chi connectivity index (χ3n) is 3.44. The van der Waals surface area contributed by atoms with Gasteiger partial charge in [0.25, 0.3) is 5.91 Å². The number of hydrogen-bond acceptors (Lipinski definition) is 6. The molecule has 2 rings (SSSR count). The molecule has 0 radical (unpaired) electrons. The first-order valence-corrected chi connectivity index (χ1v) is 7.86. The molecular formula is C12H17ClN4O2S. The number of ether oxygens (including phenoxy) is 1. The maximum absolute atomic E-state index is 11.4. The van der Waals surface area contributed by atoms with Gasteiger partial charge in [0, 0.05) is 24.5 Å². The number of rotatable bonds is 5. The van der Waals surface area contributed by atoms with Crippen molar-refractivity contribution in [2.45, 2.75) is 17.6 Å². The van der Waals surface area contributed by atoms with E-state index in [1.165, 1.54) is 6.07 Å². The first-order valence-electron chi connectivity index (χ1n) is 6.26. The Balaban J connectivity index is 2.11. The minimum absolute atomic E-state index is 0.0779. The largest absolute Gasteiger partial charge is 0.381 e. The lowest BCUT2D eigenvalue weighted by atomic mass is 9.99. The van der Waals surface area contributed by atoms with Crippen molar-refractivity contribution in [2.75, 3.05) is 31.3 Å². The summed E-state index contributed by atoms with van der Waals surface area (Å²) in [7, 11) is 0. The molecule has 2 heterocycles. The van der Waals surface area contributed by atoms with E-state index in [2.05, 4.69) is 21.8 Å². The van der Waals surface area contributed by atoms with Crippen molar-refractivity contribution in [3.05, 3.63) is 16.8 Å². The van der Waals surface area contributed by atoms with E-state index in [4.69, 9.17) is 22.1 Å². The molecule has 0 unspecified atom stereocenters. The van der Waals surface area contributed by atoms with Crippen molar-refractivity contribution in [2.24, 2.45) is 5.73 Å².